The number of hydrogen-bond donors (Lipinski definition) is 1. The fourth-order valence-corrected chi connectivity index (χ4v) is 6.41. The van der Waals surface area contributed by atoms with Crippen molar-refractivity contribution in [2.75, 3.05) is 27.9 Å². The highest BCUT2D eigenvalue weighted by molar-refractivity contribution is 7.86. The molecule has 2 aromatic carbocycles. The molecule has 36 heavy (non-hydrogen) atoms. The van der Waals surface area contributed by atoms with Gasteiger partial charge < -0.3 is 14.2 Å². The maximum atomic E-state index is 13.6. The average Bonchev–Trinajstić information content (AvgIpc) is 3.19. The van der Waals surface area contributed by atoms with E-state index < -0.39 is 32.6 Å². The summed E-state index contributed by atoms with van der Waals surface area (Å²) in [6.45, 7) is 1.46. The van der Waals surface area contributed by atoms with E-state index in [1.807, 2.05) is 0 Å². The summed E-state index contributed by atoms with van der Waals surface area (Å²) in [5.74, 6) is -0.603. The summed E-state index contributed by atoms with van der Waals surface area (Å²) in [5, 5.41) is -0.973. The van der Waals surface area contributed by atoms with Crippen molar-refractivity contribution in [1.29, 1.82) is 0 Å². The molecule has 0 aromatic heterocycles. The van der Waals surface area contributed by atoms with Crippen molar-refractivity contribution in [3.63, 3.8) is 0 Å². The van der Waals surface area contributed by atoms with Crippen molar-refractivity contribution in [3.8, 4) is 17.2 Å². The molecule has 1 fully saturated rings. The maximum Gasteiger partial charge on any atom is 0.268 e. The third kappa shape index (κ3) is 5.13. The lowest BCUT2D eigenvalue weighted by atomic mass is 9.75. The molecule has 0 saturated carbocycles. The molecule has 0 aliphatic carbocycles. The van der Waals surface area contributed by atoms with Gasteiger partial charge >= 0.3 is 0 Å². The Morgan fingerprint density at radius 3 is 2.17 bits per heavy atom. The predicted octanol–water partition coefficient (Wildman–Crippen LogP) is 4.39. The minimum Gasteiger partial charge on any atom is -0.493 e. The topological polar surface area (TPSA) is 119 Å². The first-order valence-electron chi connectivity index (χ1n) is 11.0. The van der Waals surface area contributed by atoms with E-state index in [0.717, 1.165) is 4.90 Å². The minimum atomic E-state index is -4.63. The van der Waals surface area contributed by atoms with Crippen molar-refractivity contribution in [2.45, 2.75) is 36.9 Å². The second kappa shape index (κ2) is 10.8. The number of imide groups is 1. The fourth-order valence-electron chi connectivity index (χ4n) is 4.71. The standard InChI is InChI=1S/C24H27Cl2NO8S/c1-5-6-20(36(30,31)32)24(15-7-8-16(25)17(26)11-15)12-21(28)27(13-24)23(29)14-9-18(33-2)22(35-4)19(10-14)34-3/h7-11,20H,5-6,12-13H2,1-4H3,(H,30,31,32). The second-order valence-electron chi connectivity index (χ2n) is 8.45. The van der Waals surface area contributed by atoms with Gasteiger partial charge in [-0.2, -0.15) is 8.42 Å². The molecule has 12 heteroatoms. The SMILES string of the molecule is CCCC(C1(c2ccc(Cl)c(Cl)c2)CC(=O)N(C(=O)c2cc(OC)c(OC)c(OC)c2)C1)S(=O)(=O)O. The van der Waals surface area contributed by atoms with Gasteiger partial charge in [-0.05, 0) is 36.2 Å². The first-order chi connectivity index (χ1) is 16.9. The van der Waals surface area contributed by atoms with E-state index in [9.17, 15) is 22.6 Å². The fraction of sp³-hybridized carbons (Fsp3) is 0.417. The summed E-state index contributed by atoms with van der Waals surface area (Å²) >= 11 is 12.3. The van der Waals surface area contributed by atoms with E-state index in [1.54, 1.807) is 13.0 Å². The maximum absolute atomic E-state index is 13.6. The first kappa shape index (κ1) is 28.0. The summed E-state index contributed by atoms with van der Waals surface area (Å²) in [5.41, 5.74) is -1.01. The Hall–Kier alpha value is -2.53. The van der Waals surface area contributed by atoms with E-state index >= 15 is 0 Å². The number of hydrogen-bond acceptors (Lipinski definition) is 7. The van der Waals surface area contributed by atoms with Crippen LogP contribution in [0.1, 0.15) is 42.1 Å². The number of amides is 2. The van der Waals surface area contributed by atoms with Gasteiger partial charge in [-0.3, -0.25) is 19.0 Å². The average molecular weight is 560 g/mol. The molecule has 196 valence electrons. The molecule has 1 N–H and O–H groups in total. The number of halogens is 2. The Balaban J connectivity index is 2.15. The van der Waals surface area contributed by atoms with Crippen LogP contribution < -0.4 is 14.2 Å². The zero-order valence-corrected chi connectivity index (χ0v) is 22.5. The first-order valence-corrected chi connectivity index (χ1v) is 13.3. The second-order valence-corrected chi connectivity index (χ2v) is 10.9. The molecule has 3 rings (SSSR count). The monoisotopic (exact) mass is 559 g/mol. The quantitative estimate of drug-likeness (QED) is 0.355. The van der Waals surface area contributed by atoms with Gasteiger partial charge in [0.2, 0.25) is 11.7 Å². The summed E-state index contributed by atoms with van der Waals surface area (Å²) in [6, 6.07) is 7.33. The predicted molar refractivity (Wildman–Crippen MR) is 135 cm³/mol. The number of rotatable bonds is 9. The Morgan fingerprint density at radius 2 is 1.69 bits per heavy atom. The van der Waals surface area contributed by atoms with Crippen molar-refractivity contribution >= 4 is 45.1 Å². The molecule has 2 amide bonds. The third-order valence-corrected chi connectivity index (χ3v) is 8.53. The number of benzene rings is 2. The third-order valence-electron chi connectivity index (χ3n) is 6.39. The van der Waals surface area contributed by atoms with E-state index in [0.29, 0.717) is 12.0 Å². The Kier molecular flexibility index (Phi) is 8.44. The lowest BCUT2D eigenvalue weighted by molar-refractivity contribution is -0.125. The van der Waals surface area contributed by atoms with Crippen LogP contribution in [0, 0.1) is 0 Å². The normalized spacial score (nSPS) is 18.8. The van der Waals surface area contributed by atoms with Crippen LogP contribution in [0.25, 0.3) is 0 Å². The van der Waals surface area contributed by atoms with Gasteiger partial charge in [0.1, 0.15) is 0 Å². The summed E-state index contributed by atoms with van der Waals surface area (Å²) in [7, 11) is -0.429. The van der Waals surface area contributed by atoms with E-state index in [-0.39, 0.29) is 52.2 Å². The number of nitrogens with zero attached hydrogens (tertiary/aromatic N) is 1. The molecule has 2 aromatic rings. The molecule has 0 radical (unpaired) electrons. The van der Waals surface area contributed by atoms with Gasteiger partial charge in [-0.25, -0.2) is 0 Å². The number of likely N-dealkylation sites (tertiary alicyclic amines) is 1. The van der Waals surface area contributed by atoms with Crippen LogP contribution >= 0.6 is 23.2 Å². The van der Waals surface area contributed by atoms with Crippen LogP contribution in [0.4, 0.5) is 0 Å². The lowest BCUT2D eigenvalue weighted by Gasteiger charge is -2.35. The van der Waals surface area contributed by atoms with Crippen LogP contribution in [0.5, 0.6) is 17.2 Å². The van der Waals surface area contributed by atoms with Gasteiger partial charge in [-0.1, -0.05) is 42.6 Å². The van der Waals surface area contributed by atoms with Crippen molar-refractivity contribution in [1.82, 2.24) is 4.90 Å². The van der Waals surface area contributed by atoms with Crippen LogP contribution in [-0.2, 0) is 20.3 Å². The van der Waals surface area contributed by atoms with E-state index in [2.05, 4.69) is 0 Å². The molecule has 2 atom stereocenters. The molecule has 1 aliphatic heterocycles. The minimum absolute atomic E-state index is 0.0541. The van der Waals surface area contributed by atoms with Crippen LogP contribution in [0.2, 0.25) is 10.0 Å². The number of methoxy groups -OCH3 is 3. The largest absolute Gasteiger partial charge is 0.493 e. The Labute approximate surface area is 220 Å². The summed E-state index contributed by atoms with van der Waals surface area (Å²) in [6.07, 6.45) is 0.118. The van der Waals surface area contributed by atoms with Crippen LogP contribution in [0.15, 0.2) is 30.3 Å². The molecule has 1 heterocycles. The highest BCUT2D eigenvalue weighted by Crippen LogP contribution is 2.45. The highest BCUT2D eigenvalue weighted by Gasteiger charge is 2.55. The molecule has 0 bridgehead atoms. The van der Waals surface area contributed by atoms with Gasteiger partial charge in [0, 0.05) is 23.9 Å². The van der Waals surface area contributed by atoms with Crippen molar-refractivity contribution < 1.29 is 36.8 Å². The number of ether oxygens (including phenoxy) is 3. The van der Waals surface area contributed by atoms with E-state index in [1.165, 1.54) is 45.6 Å². The van der Waals surface area contributed by atoms with Gasteiger partial charge in [0.05, 0.1) is 36.6 Å². The van der Waals surface area contributed by atoms with Crippen LogP contribution in [-0.4, -0.2) is 62.8 Å². The smallest absolute Gasteiger partial charge is 0.268 e. The van der Waals surface area contributed by atoms with E-state index in [4.69, 9.17) is 37.4 Å². The van der Waals surface area contributed by atoms with Crippen molar-refractivity contribution in [3.05, 3.63) is 51.5 Å². The van der Waals surface area contributed by atoms with Gasteiger partial charge in [-0.15, -0.1) is 0 Å². The van der Waals surface area contributed by atoms with Gasteiger partial charge in [0.15, 0.2) is 11.5 Å². The van der Waals surface area contributed by atoms with Crippen molar-refractivity contribution in [2.24, 2.45) is 0 Å². The van der Waals surface area contributed by atoms with Crippen LogP contribution in [0.3, 0.4) is 0 Å². The molecule has 1 aliphatic rings. The summed E-state index contributed by atoms with van der Waals surface area (Å²) < 4.78 is 51.2. The number of carbonyl (C=O) groups excluding carboxylic acids is 2. The Morgan fingerprint density at radius 1 is 1.08 bits per heavy atom. The molecular weight excluding hydrogens is 533 g/mol. The molecule has 1 saturated heterocycles. The zero-order valence-electron chi connectivity index (χ0n) is 20.2. The Bertz CT molecular complexity index is 1260. The zero-order chi connectivity index (χ0) is 26.8. The van der Waals surface area contributed by atoms with Gasteiger partial charge in [0.25, 0.3) is 16.0 Å². The molecular formula is C24H27Cl2NO8S. The molecule has 0 spiro atoms. The highest BCUT2D eigenvalue weighted by atomic mass is 35.5. The summed E-state index contributed by atoms with van der Waals surface area (Å²) in [4.78, 5) is 27.8. The molecule has 2 unspecified atom stereocenters. The number of carbonyl (C=O) groups is 2. The lowest BCUT2D eigenvalue weighted by Crippen LogP contribution is -2.47. The molecule has 9 nitrogen and oxygen atoms in total.